The Bertz CT molecular complexity index is 1560. The van der Waals surface area contributed by atoms with Crippen molar-refractivity contribution in [2.45, 2.75) is 35.0 Å². The molecule has 6 rings (SSSR count). The minimum atomic E-state index is -0.242. The third-order valence-electron chi connectivity index (χ3n) is 8.04. The van der Waals surface area contributed by atoms with E-state index < -0.39 is 0 Å². The van der Waals surface area contributed by atoms with Gasteiger partial charge in [0.1, 0.15) is 11.0 Å². The van der Waals surface area contributed by atoms with E-state index in [1.54, 1.807) is 36.0 Å². The van der Waals surface area contributed by atoms with Crippen molar-refractivity contribution in [1.82, 2.24) is 9.88 Å². The molecule has 1 amide bonds. The second-order valence-corrected chi connectivity index (χ2v) is 12.4. The number of anilines is 1. The maximum Gasteiger partial charge on any atom is 0.258 e. The van der Waals surface area contributed by atoms with Gasteiger partial charge in [0, 0.05) is 45.2 Å². The maximum absolute atomic E-state index is 13.9. The molecule has 0 N–H and O–H groups in total. The number of carbonyl (C=O) groups excluding carboxylic acids is 1. The van der Waals surface area contributed by atoms with Crippen molar-refractivity contribution in [3.05, 3.63) is 124 Å². The Morgan fingerprint density at radius 2 is 1.73 bits per heavy atom. The zero-order valence-corrected chi connectivity index (χ0v) is 24.5. The molecule has 4 nitrogen and oxygen atoms in total. The molecular formula is C34H31ClFN3OS. The van der Waals surface area contributed by atoms with Crippen LogP contribution in [0.2, 0.25) is 5.15 Å². The van der Waals surface area contributed by atoms with Crippen LogP contribution in [0.1, 0.15) is 40.0 Å². The molecule has 0 atom stereocenters. The highest BCUT2D eigenvalue weighted by atomic mass is 35.5. The highest BCUT2D eigenvalue weighted by Gasteiger charge is 2.46. The Labute approximate surface area is 249 Å². The average Bonchev–Trinajstić information content (AvgIpc) is 3.28. The summed E-state index contributed by atoms with van der Waals surface area (Å²) in [5, 5.41) is 0.324. The van der Waals surface area contributed by atoms with Gasteiger partial charge < -0.3 is 4.90 Å². The summed E-state index contributed by atoms with van der Waals surface area (Å²) in [6, 6.07) is 26.8. The summed E-state index contributed by atoms with van der Waals surface area (Å²) in [6.07, 6.45) is 6.34. The minimum Gasteiger partial charge on any atom is -0.307 e. The van der Waals surface area contributed by atoms with Crippen molar-refractivity contribution in [1.29, 1.82) is 0 Å². The van der Waals surface area contributed by atoms with E-state index in [9.17, 15) is 9.18 Å². The molecule has 0 unspecified atom stereocenters. The highest BCUT2D eigenvalue weighted by Crippen LogP contribution is 2.49. The third kappa shape index (κ3) is 6.10. The smallest absolute Gasteiger partial charge is 0.258 e. The molecule has 2 aliphatic heterocycles. The van der Waals surface area contributed by atoms with Crippen LogP contribution in [0.15, 0.2) is 101 Å². The SMILES string of the molecule is Cc1cc(C(=O)N2CC3(CCN(C/C=C/c4ccccc4)CC3)c3cc(Sc4ccc(F)cc4)ccc32)cc(Cl)n1. The van der Waals surface area contributed by atoms with Crippen LogP contribution in [0.5, 0.6) is 0 Å². The molecule has 0 saturated carbocycles. The van der Waals surface area contributed by atoms with Crippen molar-refractivity contribution < 1.29 is 9.18 Å². The van der Waals surface area contributed by atoms with E-state index in [2.05, 4.69) is 64.5 Å². The second-order valence-electron chi connectivity index (χ2n) is 10.8. The fourth-order valence-corrected chi connectivity index (χ4v) is 7.04. The lowest BCUT2D eigenvalue weighted by Gasteiger charge is -2.39. The highest BCUT2D eigenvalue weighted by molar-refractivity contribution is 7.99. The molecule has 3 heterocycles. The first kappa shape index (κ1) is 27.7. The number of piperidine rings is 1. The van der Waals surface area contributed by atoms with E-state index in [0.717, 1.165) is 53.6 Å². The van der Waals surface area contributed by atoms with Gasteiger partial charge >= 0.3 is 0 Å². The molecule has 0 aliphatic carbocycles. The van der Waals surface area contributed by atoms with Gasteiger partial charge in [-0.2, -0.15) is 0 Å². The zero-order chi connectivity index (χ0) is 28.4. The first-order valence-corrected chi connectivity index (χ1v) is 15.1. The Morgan fingerprint density at radius 1 is 1.00 bits per heavy atom. The molecule has 7 heteroatoms. The monoisotopic (exact) mass is 583 g/mol. The predicted molar refractivity (Wildman–Crippen MR) is 165 cm³/mol. The van der Waals surface area contributed by atoms with Crippen molar-refractivity contribution in [3.63, 3.8) is 0 Å². The van der Waals surface area contributed by atoms with Gasteiger partial charge in [-0.15, -0.1) is 0 Å². The Kier molecular flexibility index (Phi) is 7.98. The van der Waals surface area contributed by atoms with Crippen LogP contribution in [0.3, 0.4) is 0 Å². The largest absolute Gasteiger partial charge is 0.307 e. The van der Waals surface area contributed by atoms with Gasteiger partial charge in [-0.1, -0.05) is 65.8 Å². The van der Waals surface area contributed by atoms with E-state index in [-0.39, 0.29) is 17.1 Å². The number of aromatic nitrogens is 1. The second kappa shape index (κ2) is 11.8. The number of rotatable bonds is 6. The first-order chi connectivity index (χ1) is 19.9. The van der Waals surface area contributed by atoms with Crippen molar-refractivity contribution >= 4 is 41.0 Å². The molecule has 1 aromatic heterocycles. The van der Waals surface area contributed by atoms with E-state index in [1.807, 2.05) is 17.9 Å². The minimum absolute atomic E-state index is 0.0531. The topological polar surface area (TPSA) is 36.4 Å². The number of aryl methyl sites for hydroxylation is 1. The number of fused-ring (bicyclic) bond motifs is 2. The lowest BCUT2D eigenvalue weighted by atomic mass is 9.74. The average molecular weight is 584 g/mol. The number of carbonyl (C=O) groups is 1. The molecule has 41 heavy (non-hydrogen) atoms. The summed E-state index contributed by atoms with van der Waals surface area (Å²) < 4.78 is 13.5. The van der Waals surface area contributed by atoms with Crippen molar-refractivity contribution in [2.24, 2.45) is 0 Å². The van der Waals surface area contributed by atoms with Gasteiger partial charge in [0.15, 0.2) is 0 Å². The Morgan fingerprint density at radius 3 is 2.46 bits per heavy atom. The summed E-state index contributed by atoms with van der Waals surface area (Å²) in [6.45, 7) is 5.30. The van der Waals surface area contributed by atoms with E-state index in [4.69, 9.17) is 11.6 Å². The van der Waals surface area contributed by atoms with Crippen LogP contribution >= 0.6 is 23.4 Å². The number of benzene rings is 3. The van der Waals surface area contributed by atoms with Crippen LogP contribution < -0.4 is 4.90 Å². The summed E-state index contributed by atoms with van der Waals surface area (Å²) in [7, 11) is 0. The molecule has 2 aliphatic rings. The van der Waals surface area contributed by atoms with Crippen molar-refractivity contribution in [3.8, 4) is 0 Å². The number of likely N-dealkylation sites (tertiary alicyclic amines) is 1. The van der Waals surface area contributed by atoms with Crippen LogP contribution in [-0.2, 0) is 5.41 Å². The first-order valence-electron chi connectivity index (χ1n) is 13.9. The molecule has 208 valence electrons. The van der Waals surface area contributed by atoms with Gasteiger partial charge in [-0.3, -0.25) is 9.69 Å². The molecular weight excluding hydrogens is 553 g/mol. The van der Waals surface area contributed by atoms with Crippen LogP contribution in [-0.4, -0.2) is 42.0 Å². The van der Waals surface area contributed by atoms with Crippen LogP contribution in [0.4, 0.5) is 10.1 Å². The summed E-state index contributed by atoms with van der Waals surface area (Å²) in [5.41, 5.74) is 4.53. The van der Waals surface area contributed by atoms with Gasteiger partial charge in [0.2, 0.25) is 0 Å². The fourth-order valence-electron chi connectivity index (χ4n) is 5.93. The molecule has 1 saturated heterocycles. The number of amides is 1. The van der Waals surface area contributed by atoms with Gasteiger partial charge in [-0.25, -0.2) is 9.37 Å². The molecule has 0 bridgehead atoms. The van der Waals surface area contributed by atoms with E-state index in [1.165, 1.54) is 23.3 Å². The van der Waals surface area contributed by atoms with Crippen LogP contribution in [0, 0.1) is 12.7 Å². The Balaban J connectivity index is 1.26. The zero-order valence-electron chi connectivity index (χ0n) is 22.9. The number of pyridine rings is 1. The lowest BCUT2D eigenvalue weighted by Crippen LogP contribution is -2.46. The molecule has 4 aromatic rings. The predicted octanol–water partition coefficient (Wildman–Crippen LogP) is 8.04. The molecule has 3 aromatic carbocycles. The standard InChI is InChI=1S/C34H31ClFN3OS/c1-24-20-26(21-32(35)37-24)33(40)39-23-34(15-18-38(19-16-34)17-5-8-25-6-3-2-4-7-25)30-22-29(13-14-31(30)39)41-28-11-9-27(36)10-12-28/h2-14,20-22H,15-19,23H2,1H3/b8-5+. The number of hydrogen-bond donors (Lipinski definition) is 0. The maximum atomic E-state index is 13.9. The van der Waals surface area contributed by atoms with Gasteiger partial charge in [-0.05, 0) is 98.6 Å². The summed E-state index contributed by atoms with van der Waals surface area (Å²) in [5.74, 6) is -0.295. The van der Waals surface area contributed by atoms with E-state index in [0.29, 0.717) is 17.3 Å². The normalized spacial score (nSPS) is 16.4. The van der Waals surface area contributed by atoms with Crippen molar-refractivity contribution in [2.75, 3.05) is 31.1 Å². The quantitative estimate of drug-likeness (QED) is 0.215. The fraction of sp³-hybridized carbons (Fsp3) is 0.235. The lowest BCUT2D eigenvalue weighted by molar-refractivity contribution is 0.0977. The van der Waals surface area contributed by atoms with Gasteiger partial charge in [0.25, 0.3) is 5.91 Å². The van der Waals surface area contributed by atoms with E-state index >= 15 is 0 Å². The number of nitrogens with zero attached hydrogens (tertiary/aromatic N) is 3. The summed E-state index contributed by atoms with van der Waals surface area (Å²) >= 11 is 7.84. The third-order valence-corrected chi connectivity index (χ3v) is 9.23. The van der Waals surface area contributed by atoms with Crippen LogP contribution in [0.25, 0.3) is 6.08 Å². The molecule has 1 spiro atoms. The Hall–Kier alpha value is -3.45. The molecule has 1 fully saturated rings. The number of hydrogen-bond acceptors (Lipinski definition) is 4. The molecule has 0 radical (unpaired) electrons. The summed E-state index contributed by atoms with van der Waals surface area (Å²) in [4.78, 5) is 24.6. The van der Waals surface area contributed by atoms with Gasteiger partial charge in [0.05, 0.1) is 0 Å². The number of halogens is 2.